The van der Waals surface area contributed by atoms with Crippen LogP contribution in [-0.4, -0.2) is 27.7 Å². The highest BCUT2D eigenvalue weighted by Crippen LogP contribution is 2.48. The van der Waals surface area contributed by atoms with Crippen LogP contribution >= 0.6 is 22.7 Å². The van der Waals surface area contributed by atoms with Crippen molar-refractivity contribution in [3.63, 3.8) is 0 Å². The van der Waals surface area contributed by atoms with Crippen LogP contribution in [-0.2, 0) is 4.74 Å². The van der Waals surface area contributed by atoms with E-state index in [1.54, 1.807) is 31.2 Å². The summed E-state index contributed by atoms with van der Waals surface area (Å²) in [6.45, 7) is 10.3. The summed E-state index contributed by atoms with van der Waals surface area (Å²) in [5, 5.41) is 2.84. The van der Waals surface area contributed by atoms with E-state index in [9.17, 15) is 14.4 Å². The van der Waals surface area contributed by atoms with Crippen molar-refractivity contribution in [1.82, 2.24) is 14.5 Å². The standard InChI is InChI=1S/C22H15N3O4S2.C9H20O/c1-10-8-15(26)19-17(29-10)13(9-30-19)18-16(11-6-7-11)23-22(31-18)25-14-5-3-2-4-12(14)20(27)24-21(25)28;1-4-7-10-8-6-9(3)5-2/h2-5,8-9,11H,6-7H2,1H3,(H,24,27,28);9H,4-8H2,1-3H3. The van der Waals surface area contributed by atoms with Gasteiger partial charge in [-0.25, -0.2) is 14.3 Å². The second-order valence-corrected chi connectivity index (χ2v) is 12.4. The molecule has 1 atom stereocenters. The van der Waals surface area contributed by atoms with Gasteiger partial charge in [-0.1, -0.05) is 50.7 Å². The number of aryl methyl sites for hydroxylation is 1. The Balaban J connectivity index is 0.000000292. The lowest BCUT2D eigenvalue weighted by Gasteiger charge is -2.07. The molecular weight excluding hydrogens is 558 g/mol. The fourth-order valence-electron chi connectivity index (χ4n) is 4.57. The number of hydrogen-bond donors (Lipinski definition) is 1. The Morgan fingerprint density at radius 3 is 2.68 bits per heavy atom. The molecule has 5 aromatic rings. The first kappa shape index (κ1) is 29.2. The van der Waals surface area contributed by atoms with Crippen LogP contribution in [0.4, 0.5) is 0 Å². The Kier molecular flexibility index (Phi) is 9.01. The Morgan fingerprint density at radius 2 is 1.95 bits per heavy atom. The van der Waals surface area contributed by atoms with Crippen LogP contribution in [0.5, 0.6) is 0 Å². The largest absolute Gasteiger partial charge is 0.460 e. The molecular formula is C31H35N3O5S2. The Morgan fingerprint density at radius 1 is 1.17 bits per heavy atom. The predicted molar refractivity (Wildman–Crippen MR) is 167 cm³/mol. The number of aromatic nitrogens is 3. The molecule has 1 saturated carbocycles. The van der Waals surface area contributed by atoms with Crippen molar-refractivity contribution < 1.29 is 9.15 Å². The zero-order valence-electron chi connectivity index (χ0n) is 23.8. The quantitative estimate of drug-likeness (QED) is 0.184. The van der Waals surface area contributed by atoms with Crippen molar-refractivity contribution >= 4 is 43.9 Å². The molecule has 41 heavy (non-hydrogen) atoms. The van der Waals surface area contributed by atoms with Crippen molar-refractivity contribution in [1.29, 1.82) is 0 Å². The highest BCUT2D eigenvalue weighted by atomic mass is 32.1. The van der Waals surface area contributed by atoms with Gasteiger partial charge < -0.3 is 9.15 Å². The number of ether oxygens (including phenoxy) is 1. The molecule has 8 nitrogen and oxygen atoms in total. The minimum atomic E-state index is -0.524. The number of thiophene rings is 1. The molecule has 0 bridgehead atoms. The maximum Gasteiger partial charge on any atom is 0.335 e. The van der Waals surface area contributed by atoms with Crippen LogP contribution in [0.1, 0.15) is 70.2 Å². The molecule has 1 N–H and O–H groups in total. The van der Waals surface area contributed by atoms with Gasteiger partial charge >= 0.3 is 5.69 Å². The smallest absolute Gasteiger partial charge is 0.335 e. The van der Waals surface area contributed by atoms with Crippen LogP contribution in [0, 0.1) is 12.8 Å². The van der Waals surface area contributed by atoms with Crippen LogP contribution in [0.25, 0.3) is 36.8 Å². The number of H-pyrrole nitrogens is 1. The first-order valence-electron chi connectivity index (χ1n) is 14.2. The van der Waals surface area contributed by atoms with Gasteiger partial charge in [-0.15, -0.1) is 11.3 Å². The lowest BCUT2D eigenvalue weighted by molar-refractivity contribution is 0.122. The second kappa shape index (κ2) is 12.7. The molecule has 0 radical (unpaired) electrons. The van der Waals surface area contributed by atoms with E-state index in [0.717, 1.165) is 54.5 Å². The molecule has 0 aliphatic heterocycles. The number of para-hydroxylation sites is 1. The molecule has 1 aliphatic rings. The Hall–Kier alpha value is -3.34. The van der Waals surface area contributed by atoms with Crippen LogP contribution < -0.4 is 16.7 Å². The van der Waals surface area contributed by atoms with Crippen LogP contribution in [0.3, 0.4) is 0 Å². The third-order valence-corrected chi connectivity index (χ3v) is 9.29. The Bertz CT molecular complexity index is 1840. The van der Waals surface area contributed by atoms with Crippen molar-refractivity contribution in [2.24, 2.45) is 5.92 Å². The molecule has 1 aromatic carbocycles. The normalized spacial score (nSPS) is 13.9. The number of benzene rings is 1. The lowest BCUT2D eigenvalue weighted by atomic mass is 10.1. The van der Waals surface area contributed by atoms with Gasteiger partial charge in [-0.2, -0.15) is 0 Å². The number of thiazole rings is 1. The average molecular weight is 594 g/mol. The topological polar surface area (TPSA) is 107 Å². The van der Waals surface area contributed by atoms with Gasteiger partial charge in [0.25, 0.3) is 5.56 Å². The zero-order valence-corrected chi connectivity index (χ0v) is 25.5. The highest BCUT2D eigenvalue weighted by Gasteiger charge is 2.32. The first-order chi connectivity index (χ1) is 19.8. The SMILES string of the molecule is CCCOCCC(C)CC.Cc1cc(=O)c2scc(-c3sc(-n4c(=O)[nH]c(=O)c5ccccc54)nc3C3CC3)c2o1. The summed E-state index contributed by atoms with van der Waals surface area (Å²) in [6, 6.07) is 8.47. The van der Waals surface area contributed by atoms with Crippen molar-refractivity contribution in [2.75, 3.05) is 13.2 Å². The van der Waals surface area contributed by atoms with Gasteiger partial charge in [0.1, 0.15) is 10.5 Å². The molecule has 0 saturated heterocycles. The molecule has 1 aliphatic carbocycles. The number of rotatable bonds is 9. The maximum atomic E-state index is 12.8. The maximum absolute atomic E-state index is 12.8. The van der Waals surface area contributed by atoms with E-state index in [-0.39, 0.29) is 5.43 Å². The van der Waals surface area contributed by atoms with Gasteiger partial charge in [0.05, 0.1) is 21.5 Å². The first-order valence-corrected chi connectivity index (χ1v) is 15.9. The van der Waals surface area contributed by atoms with Gasteiger partial charge in [0, 0.05) is 36.1 Å². The minimum absolute atomic E-state index is 0.0597. The average Bonchev–Trinajstić information content (AvgIpc) is 3.58. The third-order valence-electron chi connectivity index (χ3n) is 7.22. The molecule has 1 unspecified atom stereocenters. The summed E-state index contributed by atoms with van der Waals surface area (Å²) in [7, 11) is 0. The lowest BCUT2D eigenvalue weighted by Crippen LogP contribution is -2.29. The van der Waals surface area contributed by atoms with E-state index in [2.05, 4.69) is 25.8 Å². The predicted octanol–water partition coefficient (Wildman–Crippen LogP) is 7.01. The zero-order chi connectivity index (χ0) is 29.1. The summed E-state index contributed by atoms with van der Waals surface area (Å²) < 4.78 is 13.3. The summed E-state index contributed by atoms with van der Waals surface area (Å²) in [5.74, 6) is 1.70. The van der Waals surface area contributed by atoms with E-state index in [1.165, 1.54) is 46.1 Å². The molecule has 4 aromatic heterocycles. The highest BCUT2D eigenvalue weighted by molar-refractivity contribution is 7.20. The van der Waals surface area contributed by atoms with Crippen molar-refractivity contribution in [3.8, 4) is 15.6 Å². The fraction of sp³-hybridized carbons (Fsp3) is 0.419. The van der Waals surface area contributed by atoms with Gasteiger partial charge in [0.2, 0.25) is 5.43 Å². The molecule has 1 fully saturated rings. The fourth-order valence-corrected chi connectivity index (χ4v) is 6.72. The van der Waals surface area contributed by atoms with E-state index in [4.69, 9.17) is 14.1 Å². The van der Waals surface area contributed by atoms with E-state index >= 15 is 0 Å². The number of nitrogens with zero attached hydrogens (tertiary/aromatic N) is 2. The molecule has 10 heteroatoms. The summed E-state index contributed by atoms with van der Waals surface area (Å²) in [5.41, 5.74) is 1.80. The molecule has 6 rings (SSSR count). The van der Waals surface area contributed by atoms with Crippen molar-refractivity contribution in [2.45, 2.75) is 65.7 Å². The second-order valence-electron chi connectivity index (χ2n) is 10.5. The van der Waals surface area contributed by atoms with E-state index in [1.807, 2.05) is 5.38 Å². The third kappa shape index (κ3) is 6.29. The minimum Gasteiger partial charge on any atom is -0.460 e. The van der Waals surface area contributed by atoms with Gasteiger partial charge in [-0.05, 0) is 50.7 Å². The number of aromatic amines is 1. The van der Waals surface area contributed by atoms with E-state index in [0.29, 0.717) is 38.0 Å². The number of fused-ring (bicyclic) bond motifs is 2. The van der Waals surface area contributed by atoms with E-state index < -0.39 is 11.2 Å². The summed E-state index contributed by atoms with van der Waals surface area (Å²) in [6.07, 6.45) is 5.69. The molecule has 4 heterocycles. The monoisotopic (exact) mass is 593 g/mol. The summed E-state index contributed by atoms with van der Waals surface area (Å²) in [4.78, 5) is 45.5. The number of hydrogen-bond acceptors (Lipinski definition) is 8. The molecule has 216 valence electrons. The summed E-state index contributed by atoms with van der Waals surface area (Å²) >= 11 is 2.73. The Labute approximate surface area is 245 Å². The van der Waals surface area contributed by atoms with Crippen LogP contribution in [0.2, 0.25) is 0 Å². The molecule has 0 spiro atoms. The van der Waals surface area contributed by atoms with Crippen LogP contribution in [0.15, 0.2) is 54.5 Å². The van der Waals surface area contributed by atoms with Crippen molar-refractivity contribution in [3.05, 3.63) is 78.2 Å². The number of nitrogens with one attached hydrogen (secondary N) is 1. The van der Waals surface area contributed by atoms with Gasteiger partial charge in [0.15, 0.2) is 10.7 Å². The van der Waals surface area contributed by atoms with Gasteiger partial charge in [-0.3, -0.25) is 14.6 Å². The molecule has 0 amide bonds.